The molecule has 23 heavy (non-hydrogen) atoms. The maximum Gasteiger partial charge on any atom is 0.191 e. The molecule has 1 aromatic heterocycles. The predicted molar refractivity (Wildman–Crippen MR) is 104 cm³/mol. The lowest BCUT2D eigenvalue weighted by Crippen LogP contribution is -2.41. The van der Waals surface area contributed by atoms with Crippen molar-refractivity contribution in [3.8, 4) is 0 Å². The van der Waals surface area contributed by atoms with Crippen molar-refractivity contribution < 1.29 is 4.74 Å². The average Bonchev–Trinajstić information content (AvgIpc) is 2.99. The molecule has 0 amide bonds. The number of aromatic nitrogens is 2. The largest absolute Gasteiger partial charge is 0.385 e. The van der Waals surface area contributed by atoms with Crippen LogP contribution in [0, 0.1) is 5.41 Å². The van der Waals surface area contributed by atoms with Crippen molar-refractivity contribution in [2.75, 3.05) is 33.4 Å². The van der Waals surface area contributed by atoms with Crippen LogP contribution >= 0.6 is 24.0 Å². The number of nitrogens with zero attached hydrogens (tertiary/aromatic N) is 3. The Morgan fingerprint density at radius 3 is 2.78 bits per heavy atom. The fourth-order valence-electron chi connectivity index (χ4n) is 2.79. The van der Waals surface area contributed by atoms with Crippen molar-refractivity contribution in [3.05, 3.63) is 18.5 Å². The first-order valence-electron chi connectivity index (χ1n) is 8.26. The molecule has 0 unspecified atom stereocenters. The number of halogens is 1. The maximum absolute atomic E-state index is 5.24. The fourth-order valence-corrected chi connectivity index (χ4v) is 2.79. The minimum atomic E-state index is 0. The first-order chi connectivity index (χ1) is 10.8. The molecule has 0 aromatic carbocycles. The van der Waals surface area contributed by atoms with Gasteiger partial charge in [-0.1, -0.05) is 6.42 Å². The van der Waals surface area contributed by atoms with E-state index in [0.717, 1.165) is 45.2 Å². The lowest BCUT2D eigenvalue weighted by molar-refractivity contribution is 0.0778. The van der Waals surface area contributed by atoms with Gasteiger partial charge in [-0.05, 0) is 37.7 Å². The lowest BCUT2D eigenvalue weighted by atomic mass is 9.67. The summed E-state index contributed by atoms with van der Waals surface area (Å²) in [6, 6.07) is 1.94. The van der Waals surface area contributed by atoms with Crippen LogP contribution in [0.5, 0.6) is 0 Å². The molecule has 1 saturated carbocycles. The van der Waals surface area contributed by atoms with Crippen molar-refractivity contribution >= 4 is 29.9 Å². The van der Waals surface area contributed by atoms with Gasteiger partial charge in [0, 0.05) is 45.7 Å². The van der Waals surface area contributed by atoms with Gasteiger partial charge >= 0.3 is 0 Å². The minimum absolute atomic E-state index is 0. The van der Waals surface area contributed by atoms with Gasteiger partial charge < -0.3 is 15.4 Å². The van der Waals surface area contributed by atoms with Gasteiger partial charge in [0.15, 0.2) is 5.96 Å². The predicted octanol–water partition coefficient (Wildman–Crippen LogP) is 2.26. The molecule has 0 atom stereocenters. The third-order valence-corrected chi connectivity index (χ3v) is 4.36. The van der Waals surface area contributed by atoms with Gasteiger partial charge in [-0.25, -0.2) is 0 Å². The smallest absolute Gasteiger partial charge is 0.191 e. The summed E-state index contributed by atoms with van der Waals surface area (Å²) in [7, 11) is 1.77. The van der Waals surface area contributed by atoms with E-state index in [9.17, 15) is 0 Å². The maximum atomic E-state index is 5.24. The second kappa shape index (κ2) is 10.9. The molecule has 7 heteroatoms. The standard InChI is InChI=1S/C16H29N5O.HI/c1-3-17-15(18-10-12-21-11-5-9-20-21)19-14-16(6-4-7-16)8-13-22-2;/h5,9,11H,3-4,6-8,10,12-14H2,1-2H3,(H2,17,18,19);1H. The highest BCUT2D eigenvalue weighted by atomic mass is 127. The minimum Gasteiger partial charge on any atom is -0.385 e. The SMILES string of the molecule is CCNC(=NCC1(CCOC)CCC1)NCCn1cccn1.I. The lowest BCUT2D eigenvalue weighted by Gasteiger charge is -2.40. The van der Waals surface area contributed by atoms with Gasteiger partial charge in [0.05, 0.1) is 6.54 Å². The highest BCUT2D eigenvalue weighted by Gasteiger charge is 2.36. The molecule has 2 N–H and O–H groups in total. The van der Waals surface area contributed by atoms with Crippen molar-refractivity contribution in [2.24, 2.45) is 10.4 Å². The van der Waals surface area contributed by atoms with Crippen LogP contribution in [0.2, 0.25) is 0 Å². The monoisotopic (exact) mass is 435 g/mol. The third-order valence-electron chi connectivity index (χ3n) is 4.36. The van der Waals surface area contributed by atoms with Gasteiger partial charge in [-0.3, -0.25) is 9.67 Å². The van der Waals surface area contributed by atoms with E-state index in [1.807, 2.05) is 16.9 Å². The zero-order valence-electron chi connectivity index (χ0n) is 14.3. The Bertz CT molecular complexity index is 445. The van der Waals surface area contributed by atoms with E-state index in [1.54, 1.807) is 13.3 Å². The molecule has 0 spiro atoms. The average molecular weight is 435 g/mol. The van der Waals surface area contributed by atoms with Crippen LogP contribution in [0.1, 0.15) is 32.6 Å². The number of ether oxygens (including phenoxy) is 1. The van der Waals surface area contributed by atoms with E-state index >= 15 is 0 Å². The van der Waals surface area contributed by atoms with Gasteiger partial charge in [-0.2, -0.15) is 5.10 Å². The zero-order valence-corrected chi connectivity index (χ0v) is 16.6. The molecule has 1 fully saturated rings. The summed E-state index contributed by atoms with van der Waals surface area (Å²) < 4.78 is 7.16. The topological polar surface area (TPSA) is 63.5 Å². The Morgan fingerprint density at radius 2 is 2.22 bits per heavy atom. The molecule has 0 aliphatic heterocycles. The number of hydrogen-bond donors (Lipinski definition) is 2. The molecule has 2 rings (SSSR count). The van der Waals surface area contributed by atoms with E-state index in [0.29, 0.717) is 5.41 Å². The fraction of sp³-hybridized carbons (Fsp3) is 0.750. The van der Waals surface area contributed by atoms with Crippen LogP contribution in [0.15, 0.2) is 23.5 Å². The summed E-state index contributed by atoms with van der Waals surface area (Å²) in [6.45, 7) is 6.34. The van der Waals surface area contributed by atoms with E-state index in [4.69, 9.17) is 9.73 Å². The highest BCUT2D eigenvalue weighted by Crippen LogP contribution is 2.44. The summed E-state index contributed by atoms with van der Waals surface area (Å²) in [6.07, 6.45) is 8.75. The van der Waals surface area contributed by atoms with Gasteiger partial charge in [0.2, 0.25) is 0 Å². The van der Waals surface area contributed by atoms with Gasteiger partial charge in [-0.15, -0.1) is 24.0 Å². The van der Waals surface area contributed by atoms with E-state index in [2.05, 4.69) is 22.7 Å². The first-order valence-corrected chi connectivity index (χ1v) is 8.26. The van der Waals surface area contributed by atoms with Crippen LogP contribution in [-0.4, -0.2) is 49.1 Å². The molecule has 0 bridgehead atoms. The van der Waals surface area contributed by atoms with Crippen molar-refractivity contribution in [2.45, 2.75) is 39.2 Å². The number of hydrogen-bond acceptors (Lipinski definition) is 3. The molecular formula is C16H30IN5O. The van der Waals surface area contributed by atoms with Gasteiger partial charge in [0.25, 0.3) is 0 Å². The van der Waals surface area contributed by atoms with E-state index in [1.165, 1.54) is 19.3 Å². The third kappa shape index (κ3) is 6.66. The first kappa shape index (κ1) is 20.2. The number of guanidine groups is 1. The molecule has 6 nitrogen and oxygen atoms in total. The van der Waals surface area contributed by atoms with Crippen LogP contribution in [-0.2, 0) is 11.3 Å². The Kier molecular flexibility index (Phi) is 9.54. The van der Waals surface area contributed by atoms with Crippen molar-refractivity contribution in [1.29, 1.82) is 0 Å². The summed E-state index contributed by atoms with van der Waals surface area (Å²) in [5.74, 6) is 0.901. The second-order valence-electron chi connectivity index (χ2n) is 5.99. The van der Waals surface area contributed by atoms with Crippen LogP contribution < -0.4 is 10.6 Å². The van der Waals surface area contributed by atoms with Gasteiger partial charge in [0.1, 0.15) is 0 Å². The van der Waals surface area contributed by atoms with E-state index < -0.39 is 0 Å². The Hall–Kier alpha value is -0.830. The molecule has 1 aliphatic carbocycles. The van der Waals surface area contributed by atoms with Crippen LogP contribution in [0.4, 0.5) is 0 Å². The number of rotatable bonds is 9. The zero-order chi connectivity index (χ0) is 15.7. The Balaban J connectivity index is 0.00000264. The quantitative estimate of drug-likeness (QED) is 0.355. The summed E-state index contributed by atoms with van der Waals surface area (Å²) in [5.41, 5.74) is 0.361. The van der Waals surface area contributed by atoms with E-state index in [-0.39, 0.29) is 24.0 Å². The molecule has 1 aromatic rings. The van der Waals surface area contributed by atoms with Crippen LogP contribution in [0.3, 0.4) is 0 Å². The number of methoxy groups -OCH3 is 1. The Labute approximate surface area is 156 Å². The summed E-state index contributed by atoms with van der Waals surface area (Å²) >= 11 is 0. The molecular weight excluding hydrogens is 405 g/mol. The number of aliphatic imine (C=N–C) groups is 1. The summed E-state index contributed by atoms with van der Waals surface area (Å²) in [5, 5.41) is 10.9. The highest BCUT2D eigenvalue weighted by molar-refractivity contribution is 14.0. The molecule has 1 aliphatic rings. The van der Waals surface area contributed by atoms with Crippen LogP contribution in [0.25, 0.3) is 0 Å². The molecule has 0 saturated heterocycles. The van der Waals surface area contributed by atoms with Crippen molar-refractivity contribution in [1.82, 2.24) is 20.4 Å². The normalized spacial score (nSPS) is 16.3. The summed E-state index contributed by atoms with van der Waals surface area (Å²) in [4.78, 5) is 4.79. The molecule has 1 heterocycles. The number of nitrogens with one attached hydrogen (secondary N) is 2. The Morgan fingerprint density at radius 1 is 1.39 bits per heavy atom. The molecule has 0 radical (unpaired) electrons. The van der Waals surface area contributed by atoms with Crippen molar-refractivity contribution in [3.63, 3.8) is 0 Å². The molecule has 132 valence electrons. The second-order valence-corrected chi connectivity index (χ2v) is 5.99.